The maximum absolute atomic E-state index is 12.8. The summed E-state index contributed by atoms with van der Waals surface area (Å²) in [6.07, 6.45) is -3.76. The van der Waals surface area contributed by atoms with Crippen LogP contribution in [0.25, 0.3) is 0 Å². The van der Waals surface area contributed by atoms with Crippen LogP contribution >= 0.6 is 0 Å². The average molecular weight is 275 g/mol. The molecule has 0 aliphatic rings. The number of hydrogen-bond donors (Lipinski definition) is 1. The van der Waals surface area contributed by atoms with E-state index in [0.717, 1.165) is 19.0 Å². The van der Waals surface area contributed by atoms with Gasteiger partial charge < -0.3 is 10.1 Å². The van der Waals surface area contributed by atoms with Crippen LogP contribution in [0.4, 0.5) is 13.2 Å². The molecule has 0 fully saturated rings. The van der Waals surface area contributed by atoms with Crippen molar-refractivity contribution in [2.45, 2.75) is 45.5 Å². The number of alkyl halides is 3. The molecule has 2 unspecified atom stereocenters. The predicted octanol–water partition coefficient (Wildman–Crippen LogP) is 3.86. The first kappa shape index (κ1) is 15.8. The van der Waals surface area contributed by atoms with Crippen molar-refractivity contribution in [1.29, 1.82) is 0 Å². The minimum Gasteiger partial charge on any atom is -0.488 e. The van der Waals surface area contributed by atoms with Crippen LogP contribution in [0.5, 0.6) is 5.75 Å². The first-order valence-electron chi connectivity index (χ1n) is 6.42. The lowest BCUT2D eigenvalue weighted by Crippen LogP contribution is -2.39. The molecule has 1 rings (SSSR count). The fourth-order valence-electron chi connectivity index (χ4n) is 1.64. The van der Waals surface area contributed by atoms with Gasteiger partial charge in [-0.1, -0.05) is 19.1 Å². The van der Waals surface area contributed by atoms with E-state index in [0.29, 0.717) is 0 Å². The van der Waals surface area contributed by atoms with Crippen molar-refractivity contribution in [3.63, 3.8) is 0 Å². The zero-order valence-corrected chi connectivity index (χ0v) is 11.4. The fraction of sp³-hybridized carbons (Fsp3) is 0.571. The molecule has 0 aliphatic heterocycles. The molecule has 0 spiro atoms. The first-order chi connectivity index (χ1) is 8.86. The molecule has 0 amide bonds. The normalized spacial score (nSPS) is 15.1. The third kappa shape index (κ3) is 4.74. The molecule has 5 heteroatoms. The minimum atomic E-state index is -4.39. The Morgan fingerprint density at radius 2 is 1.84 bits per heavy atom. The topological polar surface area (TPSA) is 21.3 Å². The SMILES string of the molecule is CCCNC(C)C(C)Oc1ccccc1C(F)(F)F. The Bertz CT molecular complexity index is 393. The van der Waals surface area contributed by atoms with Crippen molar-refractivity contribution in [1.82, 2.24) is 5.32 Å². The van der Waals surface area contributed by atoms with Gasteiger partial charge in [-0.2, -0.15) is 13.2 Å². The summed E-state index contributed by atoms with van der Waals surface area (Å²) < 4.78 is 43.9. The van der Waals surface area contributed by atoms with E-state index in [4.69, 9.17) is 4.74 Å². The van der Waals surface area contributed by atoms with Crippen molar-refractivity contribution in [3.8, 4) is 5.75 Å². The fourth-order valence-corrected chi connectivity index (χ4v) is 1.64. The van der Waals surface area contributed by atoms with Crippen molar-refractivity contribution in [2.24, 2.45) is 0 Å². The van der Waals surface area contributed by atoms with Crippen LogP contribution in [0.1, 0.15) is 32.8 Å². The Balaban J connectivity index is 2.77. The Morgan fingerprint density at radius 3 is 2.42 bits per heavy atom. The van der Waals surface area contributed by atoms with E-state index in [1.807, 2.05) is 13.8 Å². The molecule has 0 heterocycles. The maximum Gasteiger partial charge on any atom is 0.419 e. The number of para-hydroxylation sites is 1. The summed E-state index contributed by atoms with van der Waals surface area (Å²) in [5.41, 5.74) is -0.732. The third-order valence-corrected chi connectivity index (χ3v) is 2.93. The molecule has 108 valence electrons. The second kappa shape index (κ2) is 6.80. The first-order valence-corrected chi connectivity index (χ1v) is 6.42. The van der Waals surface area contributed by atoms with E-state index in [9.17, 15) is 13.2 Å². The van der Waals surface area contributed by atoms with E-state index >= 15 is 0 Å². The van der Waals surface area contributed by atoms with Gasteiger partial charge in [0.05, 0.1) is 5.56 Å². The molecule has 0 saturated heterocycles. The summed E-state index contributed by atoms with van der Waals surface area (Å²) in [7, 11) is 0. The highest BCUT2D eigenvalue weighted by Crippen LogP contribution is 2.36. The van der Waals surface area contributed by atoms with Crippen LogP contribution in [0.2, 0.25) is 0 Å². The minimum absolute atomic E-state index is 0.0127. The highest BCUT2D eigenvalue weighted by Gasteiger charge is 2.34. The van der Waals surface area contributed by atoms with Gasteiger partial charge >= 0.3 is 6.18 Å². The molecule has 19 heavy (non-hydrogen) atoms. The smallest absolute Gasteiger partial charge is 0.419 e. The van der Waals surface area contributed by atoms with Crippen LogP contribution in [-0.2, 0) is 6.18 Å². The van der Waals surface area contributed by atoms with Crippen molar-refractivity contribution < 1.29 is 17.9 Å². The van der Waals surface area contributed by atoms with Gasteiger partial charge in [0, 0.05) is 6.04 Å². The van der Waals surface area contributed by atoms with Gasteiger partial charge in [-0.3, -0.25) is 0 Å². The molecule has 1 aromatic carbocycles. The maximum atomic E-state index is 12.8. The molecular formula is C14H20F3NO. The van der Waals surface area contributed by atoms with E-state index in [-0.39, 0.29) is 17.9 Å². The van der Waals surface area contributed by atoms with E-state index in [1.165, 1.54) is 12.1 Å². The number of benzene rings is 1. The monoisotopic (exact) mass is 275 g/mol. The summed E-state index contributed by atoms with van der Waals surface area (Å²) in [5.74, 6) is -0.118. The van der Waals surface area contributed by atoms with Crippen molar-refractivity contribution >= 4 is 0 Å². The number of ether oxygens (including phenoxy) is 1. The standard InChI is InChI=1S/C14H20F3NO/c1-4-9-18-10(2)11(3)19-13-8-6-5-7-12(13)14(15,16)17/h5-8,10-11,18H,4,9H2,1-3H3. The molecule has 2 nitrogen and oxygen atoms in total. The molecule has 1 N–H and O–H groups in total. The van der Waals surface area contributed by atoms with Gasteiger partial charge in [0.1, 0.15) is 11.9 Å². The summed E-state index contributed by atoms with van der Waals surface area (Å²) in [6, 6.07) is 5.28. The van der Waals surface area contributed by atoms with Crippen LogP contribution < -0.4 is 10.1 Å². The zero-order chi connectivity index (χ0) is 14.5. The lowest BCUT2D eigenvalue weighted by atomic mass is 10.1. The highest BCUT2D eigenvalue weighted by molar-refractivity contribution is 5.35. The Morgan fingerprint density at radius 1 is 1.21 bits per heavy atom. The highest BCUT2D eigenvalue weighted by atomic mass is 19.4. The summed E-state index contributed by atoms with van der Waals surface area (Å²) >= 11 is 0. The Labute approximate surface area is 112 Å². The average Bonchev–Trinajstić information content (AvgIpc) is 2.35. The van der Waals surface area contributed by atoms with Crippen molar-refractivity contribution in [3.05, 3.63) is 29.8 Å². The van der Waals surface area contributed by atoms with Gasteiger partial charge in [0.25, 0.3) is 0 Å². The number of nitrogens with one attached hydrogen (secondary N) is 1. The quantitative estimate of drug-likeness (QED) is 0.851. The molecule has 0 radical (unpaired) electrons. The number of rotatable bonds is 6. The van der Waals surface area contributed by atoms with Gasteiger partial charge in [0.15, 0.2) is 0 Å². The van der Waals surface area contributed by atoms with Crippen LogP contribution in [-0.4, -0.2) is 18.7 Å². The van der Waals surface area contributed by atoms with Crippen LogP contribution in [0, 0.1) is 0 Å². The zero-order valence-electron chi connectivity index (χ0n) is 11.4. The predicted molar refractivity (Wildman–Crippen MR) is 69.3 cm³/mol. The van der Waals surface area contributed by atoms with Gasteiger partial charge in [-0.15, -0.1) is 0 Å². The van der Waals surface area contributed by atoms with E-state index < -0.39 is 11.7 Å². The summed E-state index contributed by atoms with van der Waals surface area (Å²) in [5, 5.41) is 3.20. The lowest BCUT2D eigenvalue weighted by molar-refractivity contribution is -0.139. The summed E-state index contributed by atoms with van der Waals surface area (Å²) in [4.78, 5) is 0. The van der Waals surface area contributed by atoms with Crippen LogP contribution in [0.3, 0.4) is 0 Å². The number of halogens is 3. The van der Waals surface area contributed by atoms with Gasteiger partial charge in [0.2, 0.25) is 0 Å². The molecule has 0 aliphatic carbocycles. The van der Waals surface area contributed by atoms with Crippen molar-refractivity contribution in [2.75, 3.05) is 6.54 Å². The Kier molecular flexibility index (Phi) is 5.66. The number of hydrogen-bond acceptors (Lipinski definition) is 2. The molecular weight excluding hydrogens is 255 g/mol. The largest absolute Gasteiger partial charge is 0.488 e. The van der Waals surface area contributed by atoms with E-state index in [1.54, 1.807) is 13.0 Å². The van der Waals surface area contributed by atoms with Gasteiger partial charge in [-0.25, -0.2) is 0 Å². The third-order valence-electron chi connectivity index (χ3n) is 2.93. The Hall–Kier alpha value is -1.23. The second-order valence-electron chi connectivity index (χ2n) is 4.56. The molecule has 0 saturated carbocycles. The second-order valence-corrected chi connectivity index (χ2v) is 4.56. The van der Waals surface area contributed by atoms with Gasteiger partial charge in [-0.05, 0) is 38.9 Å². The molecule has 1 aromatic rings. The molecule has 2 atom stereocenters. The molecule has 0 aromatic heterocycles. The lowest BCUT2D eigenvalue weighted by Gasteiger charge is -2.24. The molecule has 0 bridgehead atoms. The van der Waals surface area contributed by atoms with E-state index in [2.05, 4.69) is 5.32 Å². The summed E-state index contributed by atoms with van der Waals surface area (Å²) in [6.45, 7) is 6.51. The van der Waals surface area contributed by atoms with Crippen LogP contribution in [0.15, 0.2) is 24.3 Å².